The molecule has 0 aromatic heterocycles. The summed E-state index contributed by atoms with van der Waals surface area (Å²) >= 11 is 0. The van der Waals surface area contributed by atoms with E-state index in [-0.39, 0.29) is 11.4 Å². The number of hydrogen-bond acceptors (Lipinski definition) is 4. The first-order valence-corrected chi connectivity index (χ1v) is 8.43. The summed E-state index contributed by atoms with van der Waals surface area (Å²) in [6.45, 7) is 3.30. The van der Waals surface area contributed by atoms with Crippen molar-refractivity contribution in [3.05, 3.63) is 59.7 Å². The smallest absolute Gasteiger partial charge is 0.315 e. The third-order valence-electron chi connectivity index (χ3n) is 5.36. The van der Waals surface area contributed by atoms with E-state index in [4.69, 9.17) is 4.74 Å². The molecule has 0 spiro atoms. The van der Waals surface area contributed by atoms with Crippen molar-refractivity contribution >= 4 is 11.7 Å². The molecule has 2 aromatic carbocycles. The van der Waals surface area contributed by atoms with E-state index in [0.717, 1.165) is 18.5 Å². The standard InChI is InChI=1S/C20H22N2O2/c1-20-10-11-21-19(20)22(2)17-9-8-15(13-16(17)20)24-18(23)12-14-6-4-3-5-7-14/h3-9,13,19,21H,10-12H2,1-2H3/t19?,20-/m0/s1. The summed E-state index contributed by atoms with van der Waals surface area (Å²) in [6.07, 6.45) is 1.71. The van der Waals surface area contributed by atoms with E-state index in [1.165, 1.54) is 11.3 Å². The predicted molar refractivity (Wildman–Crippen MR) is 94.4 cm³/mol. The molecule has 124 valence electrons. The van der Waals surface area contributed by atoms with Gasteiger partial charge in [0.15, 0.2) is 0 Å². The average Bonchev–Trinajstić information content (AvgIpc) is 3.05. The summed E-state index contributed by atoms with van der Waals surface area (Å²) in [5.74, 6) is 0.413. The summed E-state index contributed by atoms with van der Waals surface area (Å²) in [7, 11) is 2.12. The minimum Gasteiger partial charge on any atom is -0.426 e. The number of benzene rings is 2. The number of nitrogens with zero attached hydrogens (tertiary/aromatic N) is 1. The van der Waals surface area contributed by atoms with Crippen molar-refractivity contribution < 1.29 is 9.53 Å². The second-order valence-electron chi connectivity index (χ2n) is 6.95. The molecule has 0 bridgehead atoms. The molecule has 2 heterocycles. The summed E-state index contributed by atoms with van der Waals surface area (Å²) < 4.78 is 5.59. The Balaban J connectivity index is 1.55. The number of likely N-dealkylation sites (N-methyl/N-ethyl adjacent to an activating group) is 1. The first kappa shape index (κ1) is 15.2. The van der Waals surface area contributed by atoms with Crippen molar-refractivity contribution in [1.82, 2.24) is 5.32 Å². The van der Waals surface area contributed by atoms with Crippen LogP contribution in [0, 0.1) is 0 Å². The second kappa shape index (κ2) is 5.64. The first-order valence-electron chi connectivity index (χ1n) is 8.43. The van der Waals surface area contributed by atoms with E-state index in [1.807, 2.05) is 42.5 Å². The van der Waals surface area contributed by atoms with Crippen LogP contribution in [0.2, 0.25) is 0 Å². The highest BCUT2D eigenvalue weighted by Crippen LogP contribution is 2.49. The van der Waals surface area contributed by atoms with Gasteiger partial charge in [-0.15, -0.1) is 0 Å². The maximum Gasteiger partial charge on any atom is 0.315 e. The van der Waals surface area contributed by atoms with Gasteiger partial charge in [-0.25, -0.2) is 0 Å². The number of fused-ring (bicyclic) bond motifs is 3. The third kappa shape index (κ3) is 2.38. The Bertz CT molecular complexity index is 774. The van der Waals surface area contributed by atoms with Crippen LogP contribution >= 0.6 is 0 Å². The summed E-state index contributed by atoms with van der Waals surface area (Å²) in [5, 5.41) is 3.57. The first-order chi connectivity index (χ1) is 11.6. The van der Waals surface area contributed by atoms with Gasteiger partial charge in [-0.05, 0) is 42.3 Å². The maximum absolute atomic E-state index is 12.2. The molecular weight excluding hydrogens is 300 g/mol. The van der Waals surface area contributed by atoms with E-state index in [0.29, 0.717) is 18.3 Å². The van der Waals surface area contributed by atoms with Crippen molar-refractivity contribution in [2.24, 2.45) is 0 Å². The van der Waals surface area contributed by atoms with Gasteiger partial charge in [-0.1, -0.05) is 37.3 Å². The number of anilines is 1. The molecule has 0 saturated carbocycles. The van der Waals surface area contributed by atoms with E-state index >= 15 is 0 Å². The summed E-state index contributed by atoms with van der Waals surface area (Å²) in [4.78, 5) is 14.5. The topological polar surface area (TPSA) is 41.6 Å². The molecule has 4 nitrogen and oxygen atoms in total. The van der Waals surface area contributed by atoms with Crippen LogP contribution in [0.3, 0.4) is 0 Å². The lowest BCUT2D eigenvalue weighted by atomic mass is 9.81. The summed E-state index contributed by atoms with van der Waals surface area (Å²) in [6, 6.07) is 15.7. The monoisotopic (exact) mass is 322 g/mol. The number of rotatable bonds is 3. The Morgan fingerprint density at radius 2 is 2.08 bits per heavy atom. The number of carbonyl (C=O) groups is 1. The van der Waals surface area contributed by atoms with E-state index < -0.39 is 0 Å². The van der Waals surface area contributed by atoms with Gasteiger partial charge in [0.2, 0.25) is 0 Å². The Morgan fingerprint density at radius 3 is 2.88 bits per heavy atom. The molecule has 1 unspecified atom stereocenters. The van der Waals surface area contributed by atoms with Crippen LogP contribution in [0.15, 0.2) is 48.5 Å². The summed E-state index contributed by atoms with van der Waals surface area (Å²) in [5.41, 5.74) is 3.53. The number of nitrogens with one attached hydrogen (secondary N) is 1. The van der Waals surface area contributed by atoms with Crippen molar-refractivity contribution in [2.75, 3.05) is 18.5 Å². The van der Waals surface area contributed by atoms with Crippen LogP contribution in [0.4, 0.5) is 5.69 Å². The molecule has 0 aliphatic carbocycles. The Kier molecular flexibility index (Phi) is 3.57. The molecule has 2 aromatic rings. The fourth-order valence-corrected chi connectivity index (χ4v) is 4.09. The van der Waals surface area contributed by atoms with Crippen molar-refractivity contribution in [1.29, 1.82) is 0 Å². The average molecular weight is 322 g/mol. The van der Waals surface area contributed by atoms with Crippen LogP contribution in [0.25, 0.3) is 0 Å². The number of esters is 1. The minimum atomic E-state index is -0.223. The highest BCUT2D eigenvalue weighted by Gasteiger charge is 2.49. The van der Waals surface area contributed by atoms with Gasteiger partial charge in [-0.3, -0.25) is 10.1 Å². The SMILES string of the molecule is CN1c2ccc(OC(=O)Cc3ccccc3)cc2[C@]2(C)CCNC12. The molecule has 0 amide bonds. The second-order valence-corrected chi connectivity index (χ2v) is 6.95. The number of ether oxygens (including phenoxy) is 1. The number of carbonyl (C=O) groups excluding carboxylic acids is 1. The highest BCUT2D eigenvalue weighted by atomic mass is 16.5. The van der Waals surface area contributed by atoms with Gasteiger partial charge in [0.05, 0.1) is 12.6 Å². The van der Waals surface area contributed by atoms with Gasteiger partial charge < -0.3 is 9.64 Å². The van der Waals surface area contributed by atoms with Gasteiger partial charge >= 0.3 is 5.97 Å². The molecule has 24 heavy (non-hydrogen) atoms. The molecule has 1 saturated heterocycles. The van der Waals surface area contributed by atoms with Crippen LogP contribution in [0.5, 0.6) is 5.75 Å². The van der Waals surface area contributed by atoms with Crippen molar-refractivity contribution in [3.8, 4) is 5.75 Å². The van der Waals surface area contributed by atoms with Gasteiger partial charge in [0.1, 0.15) is 5.75 Å². The molecule has 1 fully saturated rings. The van der Waals surface area contributed by atoms with Crippen molar-refractivity contribution in [2.45, 2.75) is 31.3 Å². The van der Waals surface area contributed by atoms with Crippen LogP contribution in [0.1, 0.15) is 24.5 Å². The predicted octanol–water partition coefficient (Wildman–Crippen LogP) is 2.86. The largest absolute Gasteiger partial charge is 0.426 e. The lowest BCUT2D eigenvalue weighted by molar-refractivity contribution is -0.133. The Morgan fingerprint density at radius 1 is 1.29 bits per heavy atom. The number of hydrogen-bond donors (Lipinski definition) is 1. The zero-order chi connectivity index (χ0) is 16.7. The molecule has 4 heteroatoms. The lowest BCUT2D eigenvalue weighted by Crippen LogP contribution is -2.44. The molecular formula is C20H22N2O2. The lowest BCUT2D eigenvalue weighted by Gasteiger charge is -2.27. The Hall–Kier alpha value is -2.33. The van der Waals surface area contributed by atoms with Crippen LogP contribution in [-0.4, -0.2) is 25.7 Å². The molecule has 4 rings (SSSR count). The van der Waals surface area contributed by atoms with E-state index in [2.05, 4.69) is 30.3 Å². The quantitative estimate of drug-likeness (QED) is 0.697. The van der Waals surface area contributed by atoms with E-state index in [1.54, 1.807) is 0 Å². The molecule has 1 N–H and O–H groups in total. The fraction of sp³-hybridized carbons (Fsp3) is 0.350. The minimum absolute atomic E-state index is 0.0753. The van der Waals surface area contributed by atoms with Gasteiger partial charge in [-0.2, -0.15) is 0 Å². The van der Waals surface area contributed by atoms with Gasteiger partial charge in [0, 0.05) is 18.2 Å². The molecule has 2 aliphatic rings. The van der Waals surface area contributed by atoms with E-state index in [9.17, 15) is 4.79 Å². The van der Waals surface area contributed by atoms with Gasteiger partial charge in [0.25, 0.3) is 0 Å². The zero-order valence-electron chi connectivity index (χ0n) is 14.1. The fourth-order valence-electron chi connectivity index (χ4n) is 4.09. The molecule has 2 aliphatic heterocycles. The zero-order valence-corrected chi connectivity index (χ0v) is 14.1. The molecule has 2 atom stereocenters. The Labute approximate surface area is 142 Å². The third-order valence-corrected chi connectivity index (χ3v) is 5.36. The molecule has 0 radical (unpaired) electrons. The van der Waals surface area contributed by atoms with Crippen LogP contribution < -0.4 is 15.0 Å². The van der Waals surface area contributed by atoms with Crippen LogP contribution in [-0.2, 0) is 16.6 Å². The highest BCUT2D eigenvalue weighted by molar-refractivity contribution is 5.76. The normalized spacial score (nSPS) is 24.6. The maximum atomic E-state index is 12.2. The van der Waals surface area contributed by atoms with Crippen molar-refractivity contribution in [3.63, 3.8) is 0 Å².